The molecular formula is C9H9F3O2. The van der Waals surface area contributed by atoms with Crippen molar-refractivity contribution < 1.29 is 23.0 Å². The number of hydrogen-bond donors (Lipinski definition) is 1. The molecule has 0 saturated carbocycles. The summed E-state index contributed by atoms with van der Waals surface area (Å²) in [6, 6.07) is 2.75. The van der Waals surface area contributed by atoms with Gasteiger partial charge in [0.15, 0.2) is 0 Å². The Hall–Kier alpha value is -1.23. The lowest BCUT2D eigenvalue weighted by molar-refractivity contribution is -0.0573. The first kappa shape index (κ1) is 10.8. The molecule has 0 spiro atoms. The first-order valence-corrected chi connectivity index (χ1v) is 3.84. The third-order valence-corrected chi connectivity index (χ3v) is 1.75. The van der Waals surface area contributed by atoms with Crippen LogP contribution in [0.1, 0.15) is 5.56 Å². The van der Waals surface area contributed by atoms with Crippen LogP contribution in [-0.4, -0.2) is 18.8 Å². The number of halogens is 3. The van der Waals surface area contributed by atoms with Crippen LogP contribution < -0.4 is 4.74 Å². The van der Waals surface area contributed by atoms with Crippen molar-refractivity contribution in [3.8, 4) is 5.75 Å². The highest BCUT2D eigenvalue weighted by Gasteiger charge is 2.34. The van der Waals surface area contributed by atoms with Crippen LogP contribution in [0.3, 0.4) is 0 Å². The van der Waals surface area contributed by atoms with Crippen molar-refractivity contribution in [3.63, 3.8) is 0 Å². The van der Waals surface area contributed by atoms with E-state index in [9.17, 15) is 13.2 Å². The second-order valence-corrected chi connectivity index (χ2v) is 2.71. The second kappa shape index (κ2) is 3.88. The SMILES string of the molecule is COc1ccc(F)cc1C(F)(F)CO. The summed E-state index contributed by atoms with van der Waals surface area (Å²) in [4.78, 5) is 0. The molecule has 0 atom stereocenters. The number of ether oxygens (including phenoxy) is 1. The van der Waals surface area contributed by atoms with Crippen molar-refractivity contribution in [3.05, 3.63) is 29.6 Å². The van der Waals surface area contributed by atoms with Gasteiger partial charge in [0.05, 0.1) is 12.7 Å². The first-order valence-electron chi connectivity index (χ1n) is 3.84. The van der Waals surface area contributed by atoms with Gasteiger partial charge in [-0.25, -0.2) is 4.39 Å². The predicted octanol–water partition coefficient (Wildman–Crippen LogP) is 1.92. The van der Waals surface area contributed by atoms with Crippen LogP contribution in [0.2, 0.25) is 0 Å². The molecule has 1 N–H and O–H groups in total. The molecule has 5 heteroatoms. The molecule has 0 bridgehead atoms. The van der Waals surface area contributed by atoms with Crippen LogP contribution in [-0.2, 0) is 5.92 Å². The molecule has 0 unspecified atom stereocenters. The molecule has 0 aliphatic rings. The lowest BCUT2D eigenvalue weighted by Gasteiger charge is -2.16. The summed E-state index contributed by atoms with van der Waals surface area (Å²) < 4.78 is 43.3. The van der Waals surface area contributed by atoms with Gasteiger partial charge in [-0.3, -0.25) is 0 Å². The summed E-state index contributed by atoms with van der Waals surface area (Å²) >= 11 is 0. The van der Waals surface area contributed by atoms with Crippen molar-refractivity contribution in [2.24, 2.45) is 0 Å². The molecule has 1 rings (SSSR count). The molecular weight excluding hydrogens is 197 g/mol. The number of rotatable bonds is 3. The minimum Gasteiger partial charge on any atom is -0.496 e. The maximum Gasteiger partial charge on any atom is 0.299 e. The van der Waals surface area contributed by atoms with E-state index in [0.717, 1.165) is 12.1 Å². The van der Waals surface area contributed by atoms with Crippen molar-refractivity contribution in [1.82, 2.24) is 0 Å². The Bertz CT molecular complexity index is 326. The molecule has 0 amide bonds. The summed E-state index contributed by atoms with van der Waals surface area (Å²) in [6.07, 6.45) is 0. The molecule has 14 heavy (non-hydrogen) atoms. The topological polar surface area (TPSA) is 29.5 Å². The standard InChI is InChI=1S/C9H9F3O2/c1-14-8-3-2-6(10)4-7(8)9(11,12)5-13/h2-4,13H,5H2,1H3. The Kier molecular flexibility index (Phi) is 3.00. The Morgan fingerprint density at radius 2 is 2.07 bits per heavy atom. The van der Waals surface area contributed by atoms with Gasteiger partial charge in [0.1, 0.15) is 18.2 Å². The molecule has 0 aliphatic carbocycles. The molecule has 1 aromatic carbocycles. The Morgan fingerprint density at radius 1 is 1.43 bits per heavy atom. The molecule has 78 valence electrons. The maximum absolute atomic E-state index is 13.0. The number of alkyl halides is 2. The molecule has 0 aliphatic heterocycles. The van der Waals surface area contributed by atoms with Crippen LogP contribution in [0, 0.1) is 5.82 Å². The number of benzene rings is 1. The molecule has 1 aromatic rings. The Balaban J connectivity index is 3.23. The van der Waals surface area contributed by atoms with Gasteiger partial charge in [-0.2, -0.15) is 8.78 Å². The van der Waals surface area contributed by atoms with E-state index in [1.165, 1.54) is 7.11 Å². The number of aliphatic hydroxyl groups is 1. The van der Waals surface area contributed by atoms with E-state index < -0.39 is 23.9 Å². The third kappa shape index (κ3) is 1.98. The van der Waals surface area contributed by atoms with Gasteiger partial charge < -0.3 is 9.84 Å². The Labute approximate surface area is 78.9 Å². The zero-order valence-corrected chi connectivity index (χ0v) is 7.43. The number of aliphatic hydroxyl groups excluding tert-OH is 1. The maximum atomic E-state index is 13.0. The fourth-order valence-electron chi connectivity index (χ4n) is 1.05. The van der Waals surface area contributed by atoms with E-state index in [-0.39, 0.29) is 5.75 Å². The van der Waals surface area contributed by atoms with Crippen LogP contribution in [0.15, 0.2) is 18.2 Å². The highest BCUT2D eigenvalue weighted by atomic mass is 19.3. The lowest BCUT2D eigenvalue weighted by atomic mass is 10.1. The summed E-state index contributed by atoms with van der Waals surface area (Å²) in [5, 5.41) is 8.43. The normalized spacial score (nSPS) is 11.5. The third-order valence-electron chi connectivity index (χ3n) is 1.75. The summed E-state index contributed by atoms with van der Waals surface area (Å²) in [5.74, 6) is -4.44. The van der Waals surface area contributed by atoms with E-state index in [2.05, 4.69) is 4.74 Å². The molecule has 0 radical (unpaired) electrons. The van der Waals surface area contributed by atoms with Crippen molar-refractivity contribution in [2.75, 3.05) is 13.7 Å². The van der Waals surface area contributed by atoms with Gasteiger partial charge in [0.25, 0.3) is 5.92 Å². The van der Waals surface area contributed by atoms with E-state index in [1.54, 1.807) is 0 Å². The average molecular weight is 206 g/mol. The molecule has 0 heterocycles. The number of methoxy groups -OCH3 is 1. The van der Waals surface area contributed by atoms with Crippen molar-refractivity contribution in [2.45, 2.75) is 5.92 Å². The Morgan fingerprint density at radius 3 is 2.57 bits per heavy atom. The van der Waals surface area contributed by atoms with Crippen molar-refractivity contribution >= 4 is 0 Å². The molecule has 0 saturated heterocycles. The molecule has 0 fully saturated rings. The number of hydrogen-bond acceptors (Lipinski definition) is 2. The van der Waals surface area contributed by atoms with Crippen LogP contribution in [0.4, 0.5) is 13.2 Å². The smallest absolute Gasteiger partial charge is 0.299 e. The van der Waals surface area contributed by atoms with Gasteiger partial charge in [0, 0.05) is 0 Å². The second-order valence-electron chi connectivity index (χ2n) is 2.71. The van der Waals surface area contributed by atoms with Gasteiger partial charge >= 0.3 is 0 Å². The summed E-state index contributed by atoms with van der Waals surface area (Å²) in [7, 11) is 1.20. The predicted molar refractivity (Wildman–Crippen MR) is 43.9 cm³/mol. The average Bonchev–Trinajstić information content (AvgIpc) is 2.18. The molecule has 2 nitrogen and oxygen atoms in total. The minimum absolute atomic E-state index is 0.148. The van der Waals surface area contributed by atoms with E-state index in [4.69, 9.17) is 5.11 Å². The fraction of sp³-hybridized carbons (Fsp3) is 0.333. The zero-order valence-electron chi connectivity index (χ0n) is 7.43. The van der Waals surface area contributed by atoms with Gasteiger partial charge in [-0.1, -0.05) is 0 Å². The fourth-order valence-corrected chi connectivity index (χ4v) is 1.05. The largest absolute Gasteiger partial charge is 0.496 e. The lowest BCUT2D eigenvalue weighted by Crippen LogP contribution is -2.19. The van der Waals surface area contributed by atoms with Gasteiger partial charge in [-0.15, -0.1) is 0 Å². The molecule has 0 aromatic heterocycles. The highest BCUT2D eigenvalue weighted by molar-refractivity contribution is 5.37. The zero-order chi connectivity index (χ0) is 10.8. The summed E-state index contributed by atoms with van der Waals surface area (Å²) in [5.41, 5.74) is -0.650. The van der Waals surface area contributed by atoms with E-state index >= 15 is 0 Å². The van der Waals surface area contributed by atoms with E-state index in [0.29, 0.717) is 6.07 Å². The first-order chi connectivity index (χ1) is 6.51. The highest BCUT2D eigenvalue weighted by Crippen LogP contribution is 2.34. The van der Waals surface area contributed by atoms with Crippen LogP contribution >= 0.6 is 0 Å². The van der Waals surface area contributed by atoms with Gasteiger partial charge in [-0.05, 0) is 18.2 Å². The van der Waals surface area contributed by atoms with Crippen LogP contribution in [0.25, 0.3) is 0 Å². The van der Waals surface area contributed by atoms with Gasteiger partial charge in [0.2, 0.25) is 0 Å². The monoisotopic (exact) mass is 206 g/mol. The van der Waals surface area contributed by atoms with Crippen molar-refractivity contribution in [1.29, 1.82) is 0 Å². The quantitative estimate of drug-likeness (QED) is 0.818. The van der Waals surface area contributed by atoms with E-state index in [1.807, 2.05) is 0 Å². The van der Waals surface area contributed by atoms with Crippen LogP contribution in [0.5, 0.6) is 5.75 Å². The summed E-state index contributed by atoms with van der Waals surface area (Å²) in [6.45, 7) is -1.38. The minimum atomic E-state index is -3.49.